The van der Waals surface area contributed by atoms with E-state index in [2.05, 4.69) is 10.1 Å². The first-order valence-electron chi connectivity index (χ1n) is 11.5. The lowest BCUT2D eigenvalue weighted by Crippen LogP contribution is -2.20. The van der Waals surface area contributed by atoms with Gasteiger partial charge in [-0.1, -0.05) is 11.3 Å². The molecule has 182 valence electrons. The van der Waals surface area contributed by atoms with E-state index in [0.717, 1.165) is 24.5 Å². The topological polar surface area (TPSA) is 69.0 Å². The van der Waals surface area contributed by atoms with Gasteiger partial charge in [0.1, 0.15) is 10.5 Å². The Morgan fingerprint density at radius 3 is 2.66 bits per heavy atom. The second kappa shape index (κ2) is 8.56. The molecule has 0 radical (unpaired) electrons. The smallest absolute Gasteiger partial charge is 0.195 e. The van der Waals surface area contributed by atoms with Crippen LogP contribution < -0.4 is 4.90 Å². The SMILES string of the molecule is CN(C)c1nc2nc([C@@H]3CCO[C@@H](c4cnn(C5CC5)c4)C3)nc(-c3ccc(F)c(F)c3F)c2s1. The summed E-state index contributed by atoms with van der Waals surface area (Å²) in [5.74, 6) is -3.61. The molecule has 1 aliphatic heterocycles. The number of rotatable bonds is 5. The Hall–Kier alpha value is -3.05. The molecule has 2 aliphatic rings. The maximum absolute atomic E-state index is 14.8. The lowest BCUT2D eigenvalue weighted by atomic mass is 9.92. The van der Waals surface area contributed by atoms with Crippen molar-refractivity contribution in [1.29, 1.82) is 0 Å². The molecule has 2 atom stereocenters. The number of hydrogen-bond acceptors (Lipinski definition) is 7. The van der Waals surface area contributed by atoms with Crippen molar-refractivity contribution < 1.29 is 17.9 Å². The molecule has 11 heteroatoms. The molecular formula is C24H23F3N6OS. The summed E-state index contributed by atoms with van der Waals surface area (Å²) in [7, 11) is 3.68. The number of benzene rings is 1. The summed E-state index contributed by atoms with van der Waals surface area (Å²) < 4.78 is 51.2. The van der Waals surface area contributed by atoms with Gasteiger partial charge in [0.2, 0.25) is 0 Å². The zero-order chi connectivity index (χ0) is 24.3. The molecule has 6 rings (SSSR count). The predicted octanol–water partition coefficient (Wildman–Crippen LogP) is 5.40. The van der Waals surface area contributed by atoms with Crippen molar-refractivity contribution in [3.05, 3.63) is 53.4 Å². The van der Waals surface area contributed by atoms with Crippen LogP contribution in [0, 0.1) is 17.5 Å². The van der Waals surface area contributed by atoms with Crippen molar-refractivity contribution in [3.8, 4) is 11.3 Å². The highest BCUT2D eigenvalue weighted by molar-refractivity contribution is 7.22. The average molecular weight is 501 g/mol. The summed E-state index contributed by atoms with van der Waals surface area (Å²) in [6.45, 7) is 0.514. The van der Waals surface area contributed by atoms with E-state index in [4.69, 9.17) is 14.7 Å². The highest BCUT2D eigenvalue weighted by atomic mass is 32.1. The van der Waals surface area contributed by atoms with Crippen molar-refractivity contribution in [2.45, 2.75) is 43.7 Å². The van der Waals surface area contributed by atoms with E-state index >= 15 is 0 Å². The summed E-state index contributed by atoms with van der Waals surface area (Å²) in [5.41, 5.74) is 1.53. The second-order valence-corrected chi connectivity index (χ2v) is 10.2. The van der Waals surface area contributed by atoms with E-state index in [9.17, 15) is 13.2 Å². The number of hydrogen-bond donors (Lipinski definition) is 0. The summed E-state index contributed by atoms with van der Waals surface area (Å²) >= 11 is 1.28. The van der Waals surface area contributed by atoms with E-state index < -0.39 is 17.5 Å². The minimum absolute atomic E-state index is 0.0703. The first-order valence-corrected chi connectivity index (χ1v) is 12.4. The lowest BCUT2D eigenvalue weighted by Gasteiger charge is -2.28. The number of anilines is 1. The van der Waals surface area contributed by atoms with Gasteiger partial charge in [-0.15, -0.1) is 0 Å². The number of aromatic nitrogens is 5. The van der Waals surface area contributed by atoms with Gasteiger partial charge in [-0.25, -0.2) is 23.1 Å². The number of fused-ring (bicyclic) bond motifs is 1. The molecule has 1 aromatic carbocycles. The Kier molecular flexibility index (Phi) is 5.48. The Labute approximate surface area is 203 Å². The van der Waals surface area contributed by atoms with Gasteiger partial charge < -0.3 is 9.64 Å². The van der Waals surface area contributed by atoms with Crippen LogP contribution in [0.5, 0.6) is 0 Å². The second-order valence-electron chi connectivity index (χ2n) is 9.26. The fraction of sp³-hybridized carbons (Fsp3) is 0.417. The van der Waals surface area contributed by atoms with Crippen molar-refractivity contribution in [1.82, 2.24) is 24.7 Å². The fourth-order valence-electron chi connectivity index (χ4n) is 4.42. The molecule has 4 aromatic rings. The molecule has 35 heavy (non-hydrogen) atoms. The molecule has 0 amide bonds. The van der Waals surface area contributed by atoms with E-state index in [-0.39, 0.29) is 23.3 Å². The van der Waals surface area contributed by atoms with Crippen molar-refractivity contribution in [3.63, 3.8) is 0 Å². The molecule has 3 aromatic heterocycles. The van der Waals surface area contributed by atoms with Gasteiger partial charge in [0.05, 0.1) is 24.0 Å². The molecule has 0 unspecified atom stereocenters. The van der Waals surface area contributed by atoms with Crippen molar-refractivity contribution in [2.75, 3.05) is 25.6 Å². The van der Waals surface area contributed by atoms with E-state index in [1.54, 1.807) is 0 Å². The maximum Gasteiger partial charge on any atom is 0.195 e. The van der Waals surface area contributed by atoms with Gasteiger partial charge in [0.15, 0.2) is 28.2 Å². The first kappa shape index (κ1) is 22.4. The maximum atomic E-state index is 14.8. The largest absolute Gasteiger partial charge is 0.373 e. The number of nitrogens with zero attached hydrogens (tertiary/aromatic N) is 6. The Bertz CT molecular complexity index is 1420. The van der Waals surface area contributed by atoms with Gasteiger partial charge >= 0.3 is 0 Å². The monoisotopic (exact) mass is 500 g/mol. The van der Waals surface area contributed by atoms with Gasteiger partial charge in [0, 0.05) is 43.9 Å². The van der Waals surface area contributed by atoms with Gasteiger partial charge in [0.25, 0.3) is 0 Å². The van der Waals surface area contributed by atoms with Crippen LogP contribution in [-0.2, 0) is 4.74 Å². The highest BCUT2D eigenvalue weighted by Gasteiger charge is 2.31. The van der Waals surface area contributed by atoms with Gasteiger partial charge in [-0.2, -0.15) is 10.1 Å². The minimum atomic E-state index is -1.52. The highest BCUT2D eigenvalue weighted by Crippen LogP contribution is 2.41. The first-order chi connectivity index (χ1) is 16.9. The third-order valence-corrected chi connectivity index (χ3v) is 7.72. The molecule has 1 saturated heterocycles. The van der Waals surface area contributed by atoms with Crippen molar-refractivity contribution >= 4 is 26.8 Å². The molecule has 0 spiro atoms. The van der Waals surface area contributed by atoms with Crippen LogP contribution in [0.1, 0.15) is 55.1 Å². The van der Waals surface area contributed by atoms with E-state index in [1.807, 2.05) is 36.1 Å². The van der Waals surface area contributed by atoms with Crippen LogP contribution >= 0.6 is 11.3 Å². The Morgan fingerprint density at radius 1 is 1.06 bits per heavy atom. The van der Waals surface area contributed by atoms with Crippen molar-refractivity contribution in [2.24, 2.45) is 0 Å². The molecule has 4 heterocycles. The van der Waals surface area contributed by atoms with E-state index in [0.29, 0.717) is 46.8 Å². The summed E-state index contributed by atoms with van der Waals surface area (Å²) in [6, 6.07) is 2.61. The third kappa shape index (κ3) is 4.06. The summed E-state index contributed by atoms with van der Waals surface area (Å²) in [5, 5.41) is 5.13. The van der Waals surface area contributed by atoms with Gasteiger partial charge in [-0.05, 0) is 37.8 Å². The predicted molar refractivity (Wildman–Crippen MR) is 126 cm³/mol. The third-order valence-electron chi connectivity index (χ3n) is 6.50. The summed E-state index contributed by atoms with van der Waals surface area (Å²) in [4.78, 5) is 15.8. The Morgan fingerprint density at radius 2 is 1.89 bits per heavy atom. The zero-order valence-electron chi connectivity index (χ0n) is 19.2. The summed E-state index contributed by atoms with van der Waals surface area (Å²) in [6.07, 6.45) is 7.35. The number of thiazole rings is 1. The van der Waals surface area contributed by atoms with E-state index in [1.165, 1.54) is 17.4 Å². The molecule has 1 saturated carbocycles. The van der Waals surface area contributed by atoms with Crippen LogP contribution in [-0.4, -0.2) is 45.4 Å². The lowest BCUT2D eigenvalue weighted by molar-refractivity contribution is 0.00396. The molecule has 1 aliphatic carbocycles. The van der Waals surface area contributed by atoms with Gasteiger partial charge in [-0.3, -0.25) is 4.68 Å². The molecule has 7 nitrogen and oxygen atoms in total. The molecular weight excluding hydrogens is 477 g/mol. The zero-order valence-corrected chi connectivity index (χ0v) is 20.0. The van der Waals surface area contributed by atoms with Crippen LogP contribution in [0.3, 0.4) is 0 Å². The average Bonchev–Trinajstić information content (AvgIpc) is 3.41. The fourth-order valence-corrected chi connectivity index (χ4v) is 5.35. The minimum Gasteiger partial charge on any atom is -0.373 e. The van der Waals surface area contributed by atoms with Crippen LogP contribution in [0.2, 0.25) is 0 Å². The van der Waals surface area contributed by atoms with Crippen LogP contribution in [0.25, 0.3) is 21.6 Å². The standard InChI is InChI=1S/C24H23F3N6OS/c1-32(2)24-31-23-21(35-24)20(15-5-6-16(25)19(27)18(15)26)29-22(30-23)12-7-8-34-17(9-12)13-10-28-33(11-13)14-3-4-14/h5-6,10-12,14,17H,3-4,7-9H2,1-2H3/t12-,17-/m1/s1. The quantitative estimate of drug-likeness (QED) is 0.342. The molecule has 0 N–H and O–H groups in total. The van der Waals surface area contributed by atoms with Crippen LogP contribution in [0.4, 0.5) is 18.3 Å². The Balaban J connectivity index is 1.41. The van der Waals surface area contributed by atoms with Crippen LogP contribution in [0.15, 0.2) is 24.5 Å². The molecule has 0 bridgehead atoms. The number of ether oxygens (including phenoxy) is 1. The number of halogens is 3. The molecule has 2 fully saturated rings. The normalized spacial score (nSPS) is 20.5.